The first-order chi connectivity index (χ1) is 10.6. The van der Waals surface area contributed by atoms with Gasteiger partial charge in [-0.15, -0.1) is 0 Å². The molecule has 0 spiro atoms. The average molecular weight is 297 g/mol. The van der Waals surface area contributed by atoms with Gasteiger partial charge in [0.15, 0.2) is 11.5 Å². The zero-order valence-electron chi connectivity index (χ0n) is 13.2. The summed E-state index contributed by atoms with van der Waals surface area (Å²) in [5, 5.41) is 9.34. The third kappa shape index (κ3) is 3.15. The van der Waals surface area contributed by atoms with E-state index in [1.165, 1.54) is 0 Å². The van der Waals surface area contributed by atoms with Crippen LogP contribution in [0.3, 0.4) is 0 Å². The highest BCUT2D eigenvalue weighted by Gasteiger charge is 2.14. The zero-order valence-corrected chi connectivity index (χ0v) is 13.2. The van der Waals surface area contributed by atoms with E-state index in [9.17, 15) is 5.26 Å². The number of ether oxygens (including phenoxy) is 3. The number of nitrogens with zero attached hydrogens (tertiary/aromatic N) is 1. The Labute approximate surface area is 130 Å². The summed E-state index contributed by atoms with van der Waals surface area (Å²) < 4.78 is 16.4. The van der Waals surface area contributed by atoms with Gasteiger partial charge in [0, 0.05) is 5.56 Å². The van der Waals surface area contributed by atoms with Crippen molar-refractivity contribution in [3.8, 4) is 34.4 Å². The summed E-state index contributed by atoms with van der Waals surface area (Å²) in [4.78, 5) is 0. The minimum atomic E-state index is 0.0179. The summed E-state index contributed by atoms with van der Waals surface area (Å²) >= 11 is 0. The summed E-state index contributed by atoms with van der Waals surface area (Å²) in [6.07, 6.45) is 0.0179. The SMILES string of the molecule is COc1cccc(-c2ccc(OC(C)C)c(C#N)c2)c1OC. The first-order valence-corrected chi connectivity index (χ1v) is 7.02. The maximum atomic E-state index is 9.34. The highest BCUT2D eigenvalue weighted by molar-refractivity contribution is 5.75. The lowest BCUT2D eigenvalue weighted by atomic mass is 10.0. The van der Waals surface area contributed by atoms with Gasteiger partial charge in [-0.25, -0.2) is 0 Å². The van der Waals surface area contributed by atoms with Gasteiger partial charge in [0.25, 0.3) is 0 Å². The molecule has 0 bridgehead atoms. The fraction of sp³-hybridized carbons (Fsp3) is 0.278. The molecule has 0 aromatic heterocycles. The number of methoxy groups -OCH3 is 2. The molecule has 0 unspecified atom stereocenters. The topological polar surface area (TPSA) is 51.5 Å². The fourth-order valence-corrected chi connectivity index (χ4v) is 2.26. The van der Waals surface area contributed by atoms with E-state index >= 15 is 0 Å². The molecule has 114 valence electrons. The molecule has 0 aliphatic carbocycles. The van der Waals surface area contributed by atoms with Crippen LogP contribution in [0.1, 0.15) is 19.4 Å². The van der Waals surface area contributed by atoms with Gasteiger partial charge in [-0.3, -0.25) is 0 Å². The molecule has 0 heterocycles. The fourth-order valence-electron chi connectivity index (χ4n) is 2.26. The van der Waals surface area contributed by atoms with Gasteiger partial charge >= 0.3 is 0 Å². The van der Waals surface area contributed by atoms with Gasteiger partial charge < -0.3 is 14.2 Å². The Balaban J connectivity index is 2.53. The van der Waals surface area contributed by atoms with Crippen molar-refractivity contribution in [3.05, 3.63) is 42.0 Å². The van der Waals surface area contributed by atoms with Crippen molar-refractivity contribution < 1.29 is 14.2 Å². The smallest absolute Gasteiger partial charge is 0.168 e. The zero-order chi connectivity index (χ0) is 16.1. The van der Waals surface area contributed by atoms with Crippen molar-refractivity contribution in [2.75, 3.05) is 14.2 Å². The third-order valence-corrected chi connectivity index (χ3v) is 3.18. The number of hydrogen-bond donors (Lipinski definition) is 0. The van der Waals surface area contributed by atoms with Crippen LogP contribution >= 0.6 is 0 Å². The van der Waals surface area contributed by atoms with Crippen LogP contribution in [0.25, 0.3) is 11.1 Å². The second kappa shape index (κ2) is 6.86. The minimum absolute atomic E-state index is 0.0179. The Hall–Kier alpha value is -2.67. The van der Waals surface area contributed by atoms with Gasteiger partial charge in [-0.2, -0.15) is 5.26 Å². The van der Waals surface area contributed by atoms with E-state index in [2.05, 4.69) is 6.07 Å². The van der Waals surface area contributed by atoms with Crippen LogP contribution in [0.5, 0.6) is 17.2 Å². The van der Waals surface area contributed by atoms with Crippen LogP contribution < -0.4 is 14.2 Å². The Morgan fingerprint density at radius 1 is 1.00 bits per heavy atom. The van der Waals surface area contributed by atoms with Crippen molar-refractivity contribution in [2.45, 2.75) is 20.0 Å². The minimum Gasteiger partial charge on any atom is -0.493 e. The van der Waals surface area contributed by atoms with Gasteiger partial charge in [-0.1, -0.05) is 18.2 Å². The van der Waals surface area contributed by atoms with Crippen molar-refractivity contribution >= 4 is 0 Å². The van der Waals surface area contributed by atoms with Gasteiger partial charge in [0.2, 0.25) is 0 Å². The van der Waals surface area contributed by atoms with Crippen LogP contribution in [0.4, 0.5) is 0 Å². The van der Waals surface area contributed by atoms with Gasteiger partial charge in [-0.05, 0) is 37.6 Å². The molecule has 0 saturated heterocycles. The number of hydrogen-bond acceptors (Lipinski definition) is 4. The monoisotopic (exact) mass is 297 g/mol. The van der Waals surface area contributed by atoms with Gasteiger partial charge in [0.1, 0.15) is 11.8 Å². The predicted molar refractivity (Wildman–Crippen MR) is 85.5 cm³/mol. The van der Waals surface area contributed by atoms with Crippen LogP contribution in [0, 0.1) is 11.3 Å². The van der Waals surface area contributed by atoms with Crippen LogP contribution in [0.2, 0.25) is 0 Å². The molecular formula is C18H19NO3. The largest absolute Gasteiger partial charge is 0.493 e. The summed E-state index contributed by atoms with van der Waals surface area (Å²) in [5.74, 6) is 1.88. The summed E-state index contributed by atoms with van der Waals surface area (Å²) in [6.45, 7) is 3.86. The van der Waals surface area contributed by atoms with Crippen molar-refractivity contribution in [2.24, 2.45) is 0 Å². The van der Waals surface area contributed by atoms with Crippen LogP contribution in [0.15, 0.2) is 36.4 Å². The molecule has 0 atom stereocenters. The number of rotatable bonds is 5. The Morgan fingerprint density at radius 3 is 2.36 bits per heavy atom. The second-order valence-electron chi connectivity index (χ2n) is 5.03. The maximum absolute atomic E-state index is 9.34. The Bertz CT molecular complexity index is 702. The van der Waals surface area contributed by atoms with E-state index in [-0.39, 0.29) is 6.10 Å². The molecule has 0 aliphatic rings. The van der Waals surface area contributed by atoms with Crippen molar-refractivity contribution in [3.63, 3.8) is 0 Å². The summed E-state index contributed by atoms with van der Waals surface area (Å²) in [6, 6.07) is 13.4. The molecule has 0 amide bonds. The van der Waals surface area contributed by atoms with E-state index in [1.807, 2.05) is 44.2 Å². The molecule has 0 saturated carbocycles. The second-order valence-corrected chi connectivity index (χ2v) is 5.03. The van der Waals surface area contributed by atoms with E-state index in [1.54, 1.807) is 20.3 Å². The summed E-state index contributed by atoms with van der Waals surface area (Å²) in [5.41, 5.74) is 2.24. The lowest BCUT2D eigenvalue weighted by Crippen LogP contribution is -2.06. The lowest BCUT2D eigenvalue weighted by Gasteiger charge is -2.15. The molecule has 0 fully saturated rings. The quantitative estimate of drug-likeness (QED) is 0.836. The van der Waals surface area contributed by atoms with Crippen LogP contribution in [-0.4, -0.2) is 20.3 Å². The summed E-state index contributed by atoms with van der Waals surface area (Å²) in [7, 11) is 3.20. The first-order valence-electron chi connectivity index (χ1n) is 7.02. The predicted octanol–water partition coefficient (Wildman–Crippen LogP) is 4.03. The van der Waals surface area contributed by atoms with Crippen molar-refractivity contribution in [1.29, 1.82) is 5.26 Å². The Morgan fingerprint density at radius 2 is 1.77 bits per heavy atom. The standard InChI is InChI=1S/C18H19NO3/c1-12(2)22-16-9-8-13(10-14(16)11-19)15-6-5-7-17(20-3)18(15)21-4/h5-10,12H,1-4H3. The van der Waals surface area contributed by atoms with E-state index < -0.39 is 0 Å². The molecule has 2 aromatic carbocycles. The molecule has 0 N–H and O–H groups in total. The van der Waals surface area contributed by atoms with E-state index in [4.69, 9.17) is 14.2 Å². The highest BCUT2D eigenvalue weighted by atomic mass is 16.5. The molecule has 4 heteroatoms. The average Bonchev–Trinajstić information content (AvgIpc) is 2.53. The Kier molecular flexibility index (Phi) is 4.90. The lowest BCUT2D eigenvalue weighted by molar-refractivity contribution is 0.242. The maximum Gasteiger partial charge on any atom is 0.168 e. The molecule has 2 aromatic rings. The van der Waals surface area contributed by atoms with Crippen LogP contribution in [-0.2, 0) is 0 Å². The highest BCUT2D eigenvalue weighted by Crippen LogP contribution is 2.39. The molecule has 0 aliphatic heterocycles. The molecular weight excluding hydrogens is 278 g/mol. The first kappa shape index (κ1) is 15.7. The van der Waals surface area contributed by atoms with E-state index in [0.717, 1.165) is 11.1 Å². The normalized spacial score (nSPS) is 10.2. The molecule has 22 heavy (non-hydrogen) atoms. The number of nitriles is 1. The number of benzene rings is 2. The third-order valence-electron chi connectivity index (χ3n) is 3.18. The van der Waals surface area contributed by atoms with Gasteiger partial charge in [0.05, 0.1) is 25.9 Å². The van der Waals surface area contributed by atoms with E-state index in [0.29, 0.717) is 22.8 Å². The molecule has 2 rings (SSSR count). The molecule has 4 nitrogen and oxygen atoms in total. The number of para-hydroxylation sites is 1. The molecule has 0 radical (unpaired) electrons. The van der Waals surface area contributed by atoms with Crippen molar-refractivity contribution in [1.82, 2.24) is 0 Å².